The Labute approximate surface area is 162 Å². The summed E-state index contributed by atoms with van der Waals surface area (Å²) >= 11 is 1.85. The number of H-pyrrole nitrogens is 1. The van der Waals surface area contributed by atoms with Crippen LogP contribution in [-0.2, 0) is 11.2 Å². The van der Waals surface area contributed by atoms with E-state index in [9.17, 15) is 9.59 Å². The second-order valence-electron chi connectivity index (χ2n) is 6.96. The summed E-state index contributed by atoms with van der Waals surface area (Å²) in [5.74, 6) is -0.171. The van der Waals surface area contributed by atoms with Crippen LogP contribution in [0.4, 0.5) is 5.69 Å². The predicted octanol–water partition coefficient (Wildman–Crippen LogP) is 4.74. The Balaban J connectivity index is 1.50. The van der Waals surface area contributed by atoms with E-state index in [-0.39, 0.29) is 17.9 Å². The Kier molecular flexibility index (Phi) is 5.30. The van der Waals surface area contributed by atoms with Crippen LogP contribution in [0.3, 0.4) is 0 Å². The van der Waals surface area contributed by atoms with E-state index >= 15 is 0 Å². The second-order valence-corrected chi connectivity index (χ2v) is 8.30. The largest absolute Gasteiger partial charge is 0.325 e. The van der Waals surface area contributed by atoms with Crippen LogP contribution in [-0.4, -0.2) is 16.1 Å². The Morgan fingerprint density at radius 1 is 1.07 bits per heavy atom. The maximum Gasteiger partial charge on any atom is 0.252 e. The fourth-order valence-corrected chi connectivity index (χ4v) is 4.88. The molecule has 1 aromatic heterocycles. The van der Waals surface area contributed by atoms with Crippen molar-refractivity contribution in [2.75, 3.05) is 5.32 Å². The third kappa shape index (κ3) is 4.25. The molecule has 0 bridgehead atoms. The van der Waals surface area contributed by atoms with Crippen LogP contribution >= 0.6 is 11.8 Å². The molecule has 27 heavy (non-hydrogen) atoms. The fraction of sp³-hybridized carbons (Fsp3) is 0.273. The van der Waals surface area contributed by atoms with Gasteiger partial charge in [0.2, 0.25) is 5.91 Å². The van der Waals surface area contributed by atoms with Gasteiger partial charge >= 0.3 is 0 Å². The standard InChI is InChI=1S/C22H22N2O2S/c25-21(14-16-13-15-7-1-4-10-18(15)24-22(16)26)23-19-11-5-6-12-20(19)27-17-8-2-3-9-17/h1,4-7,10-13,17H,2-3,8-9,14H2,(H,23,25)(H,24,26). The summed E-state index contributed by atoms with van der Waals surface area (Å²) in [5.41, 5.74) is 1.88. The van der Waals surface area contributed by atoms with Crippen molar-refractivity contribution in [3.8, 4) is 0 Å². The van der Waals surface area contributed by atoms with Gasteiger partial charge in [0.1, 0.15) is 0 Å². The molecule has 3 aromatic rings. The van der Waals surface area contributed by atoms with E-state index in [1.165, 1.54) is 25.7 Å². The minimum absolute atomic E-state index is 0.0581. The third-order valence-electron chi connectivity index (χ3n) is 4.94. The van der Waals surface area contributed by atoms with E-state index in [1.54, 1.807) is 6.07 Å². The highest BCUT2D eigenvalue weighted by Gasteiger charge is 2.18. The number of hydrogen-bond donors (Lipinski definition) is 2. The number of para-hydroxylation sites is 2. The molecule has 1 amide bonds. The number of benzene rings is 2. The molecule has 0 saturated heterocycles. The summed E-state index contributed by atoms with van der Waals surface area (Å²) in [6, 6.07) is 17.3. The molecule has 2 aromatic carbocycles. The van der Waals surface area contributed by atoms with E-state index in [2.05, 4.69) is 16.4 Å². The summed E-state index contributed by atoms with van der Waals surface area (Å²) in [6.07, 6.45) is 5.11. The van der Waals surface area contributed by atoms with Crippen LogP contribution in [0.5, 0.6) is 0 Å². The SMILES string of the molecule is O=C(Cc1cc2ccccc2[nH]c1=O)Nc1ccccc1SC1CCCC1. The molecular weight excluding hydrogens is 356 g/mol. The number of fused-ring (bicyclic) bond motifs is 1. The quantitative estimate of drug-likeness (QED) is 0.674. The number of carbonyl (C=O) groups is 1. The Morgan fingerprint density at radius 3 is 2.67 bits per heavy atom. The average molecular weight is 378 g/mol. The number of carbonyl (C=O) groups excluding carboxylic acids is 1. The highest BCUT2D eigenvalue weighted by Crippen LogP contribution is 2.38. The van der Waals surface area contributed by atoms with Gasteiger partial charge in [-0.25, -0.2) is 0 Å². The lowest BCUT2D eigenvalue weighted by Gasteiger charge is -2.14. The van der Waals surface area contributed by atoms with Crippen molar-refractivity contribution in [1.82, 2.24) is 4.98 Å². The third-order valence-corrected chi connectivity index (χ3v) is 6.35. The number of aromatic amines is 1. The predicted molar refractivity (Wildman–Crippen MR) is 111 cm³/mol. The first kappa shape index (κ1) is 17.9. The van der Waals surface area contributed by atoms with Gasteiger partial charge in [-0.15, -0.1) is 11.8 Å². The first-order chi connectivity index (χ1) is 13.2. The monoisotopic (exact) mass is 378 g/mol. The molecule has 5 heteroatoms. The van der Waals surface area contributed by atoms with E-state index in [0.29, 0.717) is 10.8 Å². The fourth-order valence-electron chi connectivity index (χ4n) is 3.55. The molecule has 4 rings (SSSR count). The molecule has 2 N–H and O–H groups in total. The minimum atomic E-state index is -0.211. The summed E-state index contributed by atoms with van der Waals surface area (Å²) in [7, 11) is 0. The highest BCUT2D eigenvalue weighted by molar-refractivity contribution is 8.00. The highest BCUT2D eigenvalue weighted by atomic mass is 32.2. The smallest absolute Gasteiger partial charge is 0.252 e. The molecule has 0 atom stereocenters. The van der Waals surface area contributed by atoms with Crippen LogP contribution in [0.1, 0.15) is 31.2 Å². The number of hydrogen-bond acceptors (Lipinski definition) is 3. The van der Waals surface area contributed by atoms with Gasteiger partial charge in [-0.2, -0.15) is 0 Å². The van der Waals surface area contributed by atoms with E-state index in [1.807, 2.05) is 54.2 Å². The van der Waals surface area contributed by atoms with E-state index in [4.69, 9.17) is 0 Å². The molecule has 1 fully saturated rings. The molecule has 0 unspecified atom stereocenters. The first-order valence-corrected chi connectivity index (χ1v) is 10.2. The van der Waals surface area contributed by atoms with Crippen LogP contribution < -0.4 is 10.9 Å². The number of amides is 1. The zero-order valence-corrected chi connectivity index (χ0v) is 15.9. The molecule has 0 radical (unpaired) electrons. The van der Waals surface area contributed by atoms with E-state index in [0.717, 1.165) is 21.5 Å². The van der Waals surface area contributed by atoms with Crippen molar-refractivity contribution in [3.63, 3.8) is 0 Å². The second kappa shape index (κ2) is 8.01. The van der Waals surface area contributed by atoms with Crippen LogP contribution in [0.15, 0.2) is 64.3 Å². The Hall–Kier alpha value is -2.53. The van der Waals surface area contributed by atoms with Gasteiger partial charge in [0.25, 0.3) is 5.56 Å². The molecular formula is C22H22N2O2S. The zero-order chi connectivity index (χ0) is 18.6. The lowest BCUT2D eigenvalue weighted by Crippen LogP contribution is -2.21. The van der Waals surface area contributed by atoms with Gasteiger partial charge in [-0.1, -0.05) is 43.2 Å². The number of thioether (sulfide) groups is 1. The molecule has 0 aliphatic heterocycles. The van der Waals surface area contributed by atoms with Crippen LogP contribution in [0, 0.1) is 0 Å². The zero-order valence-electron chi connectivity index (χ0n) is 15.0. The topological polar surface area (TPSA) is 62.0 Å². The number of aromatic nitrogens is 1. The molecule has 1 saturated carbocycles. The van der Waals surface area contributed by atoms with Crippen molar-refractivity contribution < 1.29 is 4.79 Å². The normalized spacial score (nSPS) is 14.5. The maximum absolute atomic E-state index is 12.6. The van der Waals surface area contributed by atoms with Gasteiger partial charge in [0.15, 0.2) is 0 Å². The molecule has 1 heterocycles. The van der Waals surface area contributed by atoms with Crippen molar-refractivity contribution in [1.29, 1.82) is 0 Å². The van der Waals surface area contributed by atoms with Crippen LogP contribution in [0.2, 0.25) is 0 Å². The number of rotatable bonds is 5. The van der Waals surface area contributed by atoms with Gasteiger partial charge in [-0.05, 0) is 42.5 Å². The summed E-state index contributed by atoms with van der Waals surface area (Å²) in [4.78, 5) is 28.8. The summed E-state index contributed by atoms with van der Waals surface area (Å²) < 4.78 is 0. The van der Waals surface area contributed by atoms with E-state index < -0.39 is 0 Å². The van der Waals surface area contributed by atoms with Gasteiger partial charge < -0.3 is 10.3 Å². The molecule has 1 aliphatic rings. The van der Waals surface area contributed by atoms with Crippen molar-refractivity contribution in [3.05, 3.63) is 70.5 Å². The van der Waals surface area contributed by atoms with Crippen molar-refractivity contribution in [2.24, 2.45) is 0 Å². The average Bonchev–Trinajstić information content (AvgIpc) is 3.17. The van der Waals surface area contributed by atoms with Gasteiger partial charge in [0, 0.05) is 21.2 Å². The summed E-state index contributed by atoms with van der Waals surface area (Å²) in [5, 5.41) is 4.55. The molecule has 1 aliphatic carbocycles. The maximum atomic E-state index is 12.6. The number of nitrogens with one attached hydrogen (secondary N) is 2. The van der Waals surface area contributed by atoms with Crippen LogP contribution in [0.25, 0.3) is 10.9 Å². The van der Waals surface area contributed by atoms with Gasteiger partial charge in [-0.3, -0.25) is 9.59 Å². The van der Waals surface area contributed by atoms with Crippen molar-refractivity contribution in [2.45, 2.75) is 42.2 Å². The molecule has 138 valence electrons. The Bertz CT molecular complexity index is 1020. The van der Waals surface area contributed by atoms with Gasteiger partial charge in [0.05, 0.1) is 12.1 Å². The Morgan fingerprint density at radius 2 is 1.81 bits per heavy atom. The molecule has 4 nitrogen and oxygen atoms in total. The number of anilines is 1. The minimum Gasteiger partial charge on any atom is -0.325 e. The molecule has 0 spiro atoms. The van der Waals surface area contributed by atoms with Crippen molar-refractivity contribution >= 4 is 34.3 Å². The number of pyridine rings is 1. The summed E-state index contributed by atoms with van der Waals surface area (Å²) in [6.45, 7) is 0. The lowest BCUT2D eigenvalue weighted by molar-refractivity contribution is -0.115. The lowest BCUT2D eigenvalue weighted by atomic mass is 10.1. The first-order valence-electron chi connectivity index (χ1n) is 9.35.